The van der Waals surface area contributed by atoms with Crippen molar-refractivity contribution in [3.05, 3.63) is 58.1 Å². The number of hydrogen-bond acceptors (Lipinski definition) is 10. The van der Waals surface area contributed by atoms with Gasteiger partial charge in [0.05, 0.1) is 22.6 Å². The summed E-state index contributed by atoms with van der Waals surface area (Å²) in [5.74, 6) is 1.14. The lowest BCUT2D eigenvalue weighted by Crippen LogP contribution is -2.38. The van der Waals surface area contributed by atoms with Crippen LogP contribution in [0, 0.1) is 23.0 Å². The first-order chi connectivity index (χ1) is 17.0. The standard InChI is InChI=1S/C22H25N5O6S3/c1-14(2)13-34-22-25-24-21(35-22)23-20(28)12-26(16-6-8-17(33-4)9-7-16)36(31,32)18-10-5-15(3)19(11-18)27(29)30/h5-11,14H,12-13H2,1-4H3,(H,23,24,28). The summed E-state index contributed by atoms with van der Waals surface area (Å²) in [6, 6.07) is 9.69. The maximum Gasteiger partial charge on any atom is 0.273 e. The summed E-state index contributed by atoms with van der Waals surface area (Å²) in [6.07, 6.45) is 0. The number of aromatic nitrogens is 2. The van der Waals surface area contributed by atoms with E-state index in [1.165, 1.54) is 61.4 Å². The third-order valence-electron chi connectivity index (χ3n) is 4.81. The molecule has 0 saturated carbocycles. The van der Waals surface area contributed by atoms with Gasteiger partial charge in [0, 0.05) is 17.4 Å². The van der Waals surface area contributed by atoms with Crippen LogP contribution in [0.25, 0.3) is 0 Å². The monoisotopic (exact) mass is 551 g/mol. The van der Waals surface area contributed by atoms with Crippen LogP contribution in [0.1, 0.15) is 19.4 Å². The summed E-state index contributed by atoms with van der Waals surface area (Å²) >= 11 is 2.71. The van der Waals surface area contributed by atoms with Crippen molar-refractivity contribution in [1.29, 1.82) is 0 Å². The van der Waals surface area contributed by atoms with Crippen LogP contribution >= 0.6 is 23.1 Å². The SMILES string of the molecule is COc1ccc(N(CC(=O)Nc2nnc(SCC(C)C)s2)S(=O)(=O)c2ccc(C)c([N+](=O)[O-])c2)cc1. The molecule has 0 atom stereocenters. The van der Waals surface area contributed by atoms with Crippen LogP contribution < -0.4 is 14.4 Å². The van der Waals surface area contributed by atoms with Gasteiger partial charge in [0.1, 0.15) is 12.3 Å². The zero-order chi connectivity index (χ0) is 26.5. The van der Waals surface area contributed by atoms with Gasteiger partial charge in [-0.15, -0.1) is 10.2 Å². The van der Waals surface area contributed by atoms with E-state index >= 15 is 0 Å². The van der Waals surface area contributed by atoms with E-state index in [1.54, 1.807) is 12.1 Å². The molecule has 3 aromatic rings. The molecule has 0 aliphatic heterocycles. The van der Waals surface area contributed by atoms with Crippen molar-refractivity contribution < 1.29 is 22.9 Å². The number of ether oxygens (including phenoxy) is 1. The average molecular weight is 552 g/mol. The molecule has 0 spiro atoms. The maximum absolute atomic E-state index is 13.6. The maximum atomic E-state index is 13.6. The highest BCUT2D eigenvalue weighted by atomic mass is 32.2. The molecule has 36 heavy (non-hydrogen) atoms. The number of amides is 1. The van der Waals surface area contributed by atoms with Gasteiger partial charge >= 0.3 is 0 Å². The summed E-state index contributed by atoms with van der Waals surface area (Å²) in [4.78, 5) is 23.3. The minimum absolute atomic E-state index is 0.180. The number of carbonyl (C=O) groups excluding carboxylic acids is 1. The van der Waals surface area contributed by atoms with Crippen molar-refractivity contribution in [2.75, 3.05) is 29.0 Å². The Hall–Kier alpha value is -3.23. The highest BCUT2D eigenvalue weighted by Crippen LogP contribution is 2.30. The molecule has 0 saturated heterocycles. The van der Waals surface area contributed by atoms with Crippen LogP contribution in [0.3, 0.4) is 0 Å². The first-order valence-electron chi connectivity index (χ1n) is 10.7. The topological polar surface area (TPSA) is 145 Å². The molecule has 11 nitrogen and oxygen atoms in total. The quantitative estimate of drug-likeness (QED) is 0.159. The van der Waals surface area contributed by atoms with E-state index in [2.05, 4.69) is 29.4 Å². The molecule has 192 valence electrons. The molecule has 0 fully saturated rings. The summed E-state index contributed by atoms with van der Waals surface area (Å²) in [5.41, 5.74) is 0.158. The summed E-state index contributed by atoms with van der Waals surface area (Å²) in [6.45, 7) is 5.07. The molecule has 0 unspecified atom stereocenters. The van der Waals surface area contributed by atoms with Gasteiger partial charge in [-0.3, -0.25) is 24.5 Å². The minimum atomic E-state index is -4.36. The Bertz CT molecular complexity index is 1340. The Morgan fingerprint density at radius 2 is 1.92 bits per heavy atom. The van der Waals surface area contributed by atoms with Crippen LogP contribution in [0.4, 0.5) is 16.5 Å². The van der Waals surface area contributed by atoms with Crippen LogP contribution in [0.2, 0.25) is 0 Å². The van der Waals surface area contributed by atoms with Crippen molar-refractivity contribution in [2.24, 2.45) is 5.92 Å². The van der Waals surface area contributed by atoms with E-state index in [-0.39, 0.29) is 21.4 Å². The number of anilines is 2. The highest BCUT2D eigenvalue weighted by molar-refractivity contribution is 8.01. The molecular weight excluding hydrogens is 526 g/mol. The van der Waals surface area contributed by atoms with E-state index in [0.29, 0.717) is 21.6 Å². The average Bonchev–Trinajstić information content (AvgIpc) is 3.28. The number of rotatable bonds is 11. The predicted octanol–water partition coefficient (Wildman–Crippen LogP) is 4.35. The van der Waals surface area contributed by atoms with Gasteiger partial charge in [-0.25, -0.2) is 8.42 Å². The summed E-state index contributed by atoms with van der Waals surface area (Å²) < 4.78 is 33.9. The van der Waals surface area contributed by atoms with Crippen LogP contribution in [0.15, 0.2) is 51.7 Å². The zero-order valence-corrected chi connectivity index (χ0v) is 22.4. The molecule has 1 heterocycles. The molecule has 0 aliphatic rings. The van der Waals surface area contributed by atoms with Gasteiger partial charge in [-0.1, -0.05) is 43.0 Å². The summed E-state index contributed by atoms with van der Waals surface area (Å²) in [7, 11) is -2.89. The van der Waals surface area contributed by atoms with E-state index < -0.39 is 27.4 Å². The largest absolute Gasteiger partial charge is 0.497 e. The Morgan fingerprint density at radius 1 is 1.22 bits per heavy atom. The molecule has 2 aromatic carbocycles. The smallest absolute Gasteiger partial charge is 0.273 e. The third-order valence-corrected chi connectivity index (χ3v) is 8.97. The number of hydrogen-bond donors (Lipinski definition) is 1. The van der Waals surface area contributed by atoms with Crippen molar-refractivity contribution in [3.63, 3.8) is 0 Å². The fourth-order valence-electron chi connectivity index (χ4n) is 2.98. The number of methoxy groups -OCH3 is 1. The van der Waals surface area contributed by atoms with Gasteiger partial charge in [-0.2, -0.15) is 0 Å². The van der Waals surface area contributed by atoms with Crippen LogP contribution in [-0.4, -0.2) is 48.9 Å². The molecule has 0 bridgehead atoms. The number of aryl methyl sites for hydroxylation is 1. The highest BCUT2D eigenvalue weighted by Gasteiger charge is 2.29. The van der Waals surface area contributed by atoms with Gasteiger partial charge in [0.25, 0.3) is 15.7 Å². The molecule has 3 rings (SSSR count). The normalized spacial score (nSPS) is 11.4. The van der Waals surface area contributed by atoms with E-state index in [1.807, 2.05) is 0 Å². The van der Waals surface area contributed by atoms with E-state index in [4.69, 9.17) is 4.74 Å². The van der Waals surface area contributed by atoms with Crippen LogP contribution in [-0.2, 0) is 14.8 Å². The first kappa shape index (κ1) is 27.4. The second-order valence-corrected chi connectivity index (χ2v) is 12.1. The third kappa shape index (κ3) is 6.71. The van der Waals surface area contributed by atoms with Crippen molar-refractivity contribution in [2.45, 2.75) is 30.0 Å². The van der Waals surface area contributed by atoms with Crippen molar-refractivity contribution >= 4 is 55.5 Å². The lowest BCUT2D eigenvalue weighted by atomic mass is 10.2. The second-order valence-electron chi connectivity index (χ2n) is 8.04. The predicted molar refractivity (Wildman–Crippen MR) is 139 cm³/mol. The number of carbonyl (C=O) groups is 1. The number of benzene rings is 2. The Kier molecular flexibility index (Phi) is 8.87. The van der Waals surface area contributed by atoms with Crippen molar-refractivity contribution in [1.82, 2.24) is 10.2 Å². The lowest BCUT2D eigenvalue weighted by molar-refractivity contribution is -0.385. The summed E-state index contributed by atoms with van der Waals surface area (Å²) in [5, 5.41) is 22.2. The Morgan fingerprint density at radius 3 is 2.53 bits per heavy atom. The fraction of sp³-hybridized carbons (Fsp3) is 0.318. The fourth-order valence-corrected chi connectivity index (χ4v) is 6.17. The first-order valence-corrected chi connectivity index (χ1v) is 13.9. The van der Waals surface area contributed by atoms with E-state index in [0.717, 1.165) is 16.1 Å². The van der Waals surface area contributed by atoms with E-state index in [9.17, 15) is 23.3 Å². The van der Waals surface area contributed by atoms with Gasteiger partial charge in [0.15, 0.2) is 4.34 Å². The van der Waals surface area contributed by atoms with Gasteiger partial charge in [-0.05, 0) is 43.2 Å². The number of nitro benzene ring substituents is 1. The molecule has 0 radical (unpaired) electrons. The molecular formula is C22H25N5O6S3. The Balaban J connectivity index is 1.91. The van der Waals surface area contributed by atoms with Gasteiger partial charge < -0.3 is 4.74 Å². The van der Waals surface area contributed by atoms with Gasteiger partial charge in [0.2, 0.25) is 11.0 Å². The minimum Gasteiger partial charge on any atom is -0.497 e. The molecule has 1 N–H and O–H groups in total. The number of nitro groups is 1. The molecule has 1 aromatic heterocycles. The molecule has 0 aliphatic carbocycles. The molecule has 1 amide bonds. The molecule has 14 heteroatoms. The second kappa shape index (κ2) is 11.7. The zero-order valence-electron chi connectivity index (χ0n) is 20.0. The number of thioether (sulfide) groups is 1. The van der Waals surface area contributed by atoms with Crippen LogP contribution in [0.5, 0.6) is 5.75 Å². The Labute approximate surface area is 217 Å². The number of nitrogens with one attached hydrogen (secondary N) is 1. The number of sulfonamides is 1. The lowest BCUT2D eigenvalue weighted by Gasteiger charge is -2.24. The van der Waals surface area contributed by atoms with Crippen molar-refractivity contribution in [3.8, 4) is 5.75 Å². The number of nitrogens with zero attached hydrogens (tertiary/aromatic N) is 4.